The Balaban J connectivity index is 1.43. The molecule has 0 saturated carbocycles. The molecule has 58 heavy (non-hydrogen) atoms. The molecule has 0 bridgehead atoms. The molecule has 306 valence electrons. The summed E-state index contributed by atoms with van der Waals surface area (Å²) < 4.78 is 81.5. The number of carbonyl (C=O) groups excluding carboxylic acids is 4. The third-order valence-electron chi connectivity index (χ3n) is 8.49. The van der Waals surface area contributed by atoms with Gasteiger partial charge >= 0.3 is 12.1 Å². The van der Waals surface area contributed by atoms with Gasteiger partial charge < -0.3 is 41.0 Å². The molecule has 0 saturated heterocycles. The van der Waals surface area contributed by atoms with Crippen molar-refractivity contribution in [3.63, 3.8) is 0 Å². The van der Waals surface area contributed by atoms with Crippen molar-refractivity contribution in [3.05, 3.63) is 112 Å². The minimum Gasteiger partial charge on any atom is -0.507 e. The fraction of sp³-hybridized carbons (Fsp3) is 0.256. The molecule has 0 fully saturated rings. The average molecular weight is 831 g/mol. The van der Waals surface area contributed by atoms with Gasteiger partial charge in [-0.25, -0.2) is 31.5 Å². The van der Waals surface area contributed by atoms with E-state index >= 15 is 0 Å². The van der Waals surface area contributed by atoms with Crippen molar-refractivity contribution in [2.24, 2.45) is 0 Å². The number of carbonyl (C=O) groups is 5. The van der Waals surface area contributed by atoms with Crippen molar-refractivity contribution in [2.45, 2.75) is 44.8 Å². The maximum absolute atomic E-state index is 14.4. The molecule has 0 aliphatic carbocycles. The molecule has 4 amide bonds. The zero-order valence-electron chi connectivity index (χ0n) is 31.0. The molecule has 19 heteroatoms. The number of aromatic carboxylic acids is 1. The van der Waals surface area contributed by atoms with Gasteiger partial charge in [0, 0.05) is 40.6 Å². The third kappa shape index (κ3) is 9.42. The Morgan fingerprint density at radius 3 is 1.93 bits per heavy atom. The summed E-state index contributed by atoms with van der Waals surface area (Å²) in [6.45, 7) is 4.46. The van der Waals surface area contributed by atoms with Crippen LogP contribution < -0.4 is 26.0 Å². The van der Waals surface area contributed by atoms with Crippen LogP contribution in [0.1, 0.15) is 70.5 Å². The number of halogens is 5. The number of alkyl carbamates (subject to hydrolysis) is 1. The molecule has 2 atom stereocenters. The second kappa shape index (κ2) is 17.4. The average Bonchev–Trinajstić information content (AvgIpc) is 3.15. The molecule has 4 aromatic rings. The van der Waals surface area contributed by atoms with E-state index in [1.54, 1.807) is 20.8 Å². The normalized spacial score (nSPS) is 13.6. The quantitative estimate of drug-likeness (QED) is 0.0433. The molecular weight excluding hydrogens is 796 g/mol. The SMILES string of the molecule is CSCCC(NC(=O)OC(C)(C)C)C(=O)NCC(=O)Nc1ccc2c(c1)Oc1cc(NC(=O)c3c(F)c(F)c(F)c(F)c3F)ccc1C2c1cccc(O)c1C(=O)O. The highest BCUT2D eigenvalue weighted by molar-refractivity contribution is 7.98. The first-order valence-corrected chi connectivity index (χ1v) is 18.6. The van der Waals surface area contributed by atoms with Crippen molar-refractivity contribution in [1.29, 1.82) is 0 Å². The Morgan fingerprint density at radius 2 is 1.38 bits per heavy atom. The molecule has 0 spiro atoms. The third-order valence-corrected chi connectivity index (χ3v) is 9.13. The molecular formula is C39H35F5N4O9S. The van der Waals surface area contributed by atoms with Crippen molar-refractivity contribution in [2.75, 3.05) is 29.2 Å². The monoisotopic (exact) mass is 830 g/mol. The van der Waals surface area contributed by atoms with Crippen LogP contribution in [0.15, 0.2) is 54.6 Å². The Labute approximate surface area is 331 Å². The number of hydrogen-bond acceptors (Lipinski definition) is 9. The van der Waals surface area contributed by atoms with Crippen LogP contribution in [0, 0.1) is 29.1 Å². The van der Waals surface area contributed by atoms with Gasteiger partial charge in [-0.2, -0.15) is 11.8 Å². The van der Waals surface area contributed by atoms with Gasteiger partial charge in [0.25, 0.3) is 5.91 Å². The summed E-state index contributed by atoms with van der Waals surface area (Å²) in [6.07, 6.45) is 1.24. The van der Waals surface area contributed by atoms with E-state index in [-0.39, 0.29) is 40.4 Å². The molecule has 13 nitrogen and oxygen atoms in total. The Morgan fingerprint density at radius 1 is 0.810 bits per heavy atom. The van der Waals surface area contributed by atoms with Gasteiger partial charge in [0.05, 0.1) is 6.54 Å². The number of benzene rings is 4. The summed E-state index contributed by atoms with van der Waals surface area (Å²) in [5.41, 5.74) is -2.42. The zero-order valence-corrected chi connectivity index (χ0v) is 31.8. The number of carboxylic acid groups (broad SMARTS) is 1. The van der Waals surface area contributed by atoms with E-state index in [1.165, 1.54) is 60.3 Å². The van der Waals surface area contributed by atoms with Crippen LogP contribution in [0.4, 0.5) is 38.1 Å². The Kier molecular flexibility index (Phi) is 12.8. The predicted octanol–water partition coefficient (Wildman–Crippen LogP) is 7.03. The fourth-order valence-electron chi connectivity index (χ4n) is 5.98. The largest absolute Gasteiger partial charge is 0.507 e. The highest BCUT2D eigenvalue weighted by atomic mass is 32.2. The first-order valence-electron chi connectivity index (χ1n) is 17.2. The minimum absolute atomic E-state index is 0.0287. The molecule has 1 aliphatic rings. The summed E-state index contributed by atoms with van der Waals surface area (Å²) in [7, 11) is 0. The van der Waals surface area contributed by atoms with Crippen LogP contribution in [0.3, 0.4) is 0 Å². The first-order chi connectivity index (χ1) is 27.3. The number of nitrogens with one attached hydrogen (secondary N) is 4. The second-order valence-corrected chi connectivity index (χ2v) is 14.7. The Hall–Kier alpha value is -6.37. The van der Waals surface area contributed by atoms with E-state index < -0.39 is 99.9 Å². The smallest absolute Gasteiger partial charge is 0.408 e. The number of ether oxygens (including phenoxy) is 2. The lowest BCUT2D eigenvalue weighted by Crippen LogP contribution is -2.49. The van der Waals surface area contributed by atoms with Gasteiger partial charge in [-0.1, -0.05) is 24.3 Å². The molecule has 1 aliphatic heterocycles. The Bertz CT molecular complexity index is 2290. The van der Waals surface area contributed by atoms with Crippen molar-refractivity contribution in [3.8, 4) is 17.2 Å². The van der Waals surface area contributed by atoms with Crippen LogP contribution in [-0.4, -0.2) is 70.2 Å². The maximum Gasteiger partial charge on any atom is 0.408 e. The van der Waals surface area contributed by atoms with Crippen LogP contribution >= 0.6 is 11.8 Å². The number of amides is 4. The summed E-state index contributed by atoms with van der Waals surface area (Å²) in [5.74, 6) is -17.4. The predicted molar refractivity (Wildman–Crippen MR) is 201 cm³/mol. The van der Waals surface area contributed by atoms with Crippen LogP contribution in [0.2, 0.25) is 0 Å². The van der Waals surface area contributed by atoms with E-state index in [9.17, 15) is 56.1 Å². The lowest BCUT2D eigenvalue weighted by Gasteiger charge is -2.30. The van der Waals surface area contributed by atoms with Crippen LogP contribution in [0.25, 0.3) is 0 Å². The number of anilines is 2. The van der Waals surface area contributed by atoms with E-state index in [4.69, 9.17) is 9.47 Å². The molecule has 5 rings (SSSR count). The summed E-state index contributed by atoms with van der Waals surface area (Å²) in [6, 6.07) is 11.1. The van der Waals surface area contributed by atoms with Gasteiger partial charge in [-0.05, 0) is 63.0 Å². The molecule has 1 heterocycles. The standard InChI is InChI=1S/C39H35F5N4O9S/c1-39(2,3)57-38(55)48-22(12-13-58-4)35(51)45-16-26(50)46-17-8-10-19-24(14-17)56-25-15-18(47-36(52)29-30(40)32(42)34(44)33(43)31(29)41)9-11-20(25)27(19)21-6-5-7-23(49)28(21)37(53)54/h5-11,14-15,22,27,49H,12-13,16H2,1-4H3,(H,45,51)(H,46,50)(H,47,52)(H,48,55)(H,53,54). The number of thioether (sulfide) groups is 1. The van der Waals surface area contributed by atoms with E-state index in [2.05, 4.69) is 21.3 Å². The lowest BCUT2D eigenvalue weighted by molar-refractivity contribution is -0.125. The first kappa shape index (κ1) is 42.8. The van der Waals surface area contributed by atoms with Crippen molar-refractivity contribution in [1.82, 2.24) is 10.6 Å². The van der Waals surface area contributed by atoms with Gasteiger partial charge in [0.2, 0.25) is 17.6 Å². The summed E-state index contributed by atoms with van der Waals surface area (Å²) in [4.78, 5) is 63.5. The fourth-order valence-corrected chi connectivity index (χ4v) is 6.45. The summed E-state index contributed by atoms with van der Waals surface area (Å²) >= 11 is 1.44. The van der Waals surface area contributed by atoms with Crippen LogP contribution in [0.5, 0.6) is 17.2 Å². The number of phenols is 1. The van der Waals surface area contributed by atoms with Gasteiger partial charge in [-0.15, -0.1) is 0 Å². The van der Waals surface area contributed by atoms with E-state index in [0.717, 1.165) is 6.07 Å². The maximum atomic E-state index is 14.4. The lowest BCUT2D eigenvalue weighted by atomic mass is 9.80. The van der Waals surface area contributed by atoms with Crippen LogP contribution in [-0.2, 0) is 14.3 Å². The topological polar surface area (TPSA) is 192 Å². The second-order valence-electron chi connectivity index (χ2n) is 13.7. The molecule has 0 radical (unpaired) electrons. The number of hydrogen-bond donors (Lipinski definition) is 6. The van der Waals surface area contributed by atoms with E-state index in [0.29, 0.717) is 11.3 Å². The molecule has 4 aromatic carbocycles. The molecule has 6 N–H and O–H groups in total. The number of aromatic hydroxyl groups is 1. The van der Waals surface area contributed by atoms with Gasteiger partial charge in [-0.3, -0.25) is 14.4 Å². The highest BCUT2D eigenvalue weighted by Gasteiger charge is 2.34. The number of fused-ring (bicyclic) bond motifs is 2. The minimum atomic E-state index is -2.45. The number of rotatable bonds is 12. The highest BCUT2D eigenvalue weighted by Crippen LogP contribution is 2.50. The van der Waals surface area contributed by atoms with Crippen molar-refractivity contribution >= 4 is 52.9 Å². The van der Waals surface area contributed by atoms with Gasteiger partial charge in [0.15, 0.2) is 23.3 Å². The zero-order chi connectivity index (χ0) is 42.6. The van der Waals surface area contributed by atoms with Gasteiger partial charge in [0.1, 0.15) is 40.0 Å². The molecule has 2 unspecified atom stereocenters. The number of carboxylic acids is 1. The summed E-state index contributed by atoms with van der Waals surface area (Å²) in [5, 5.41) is 30.2. The molecule has 0 aromatic heterocycles. The van der Waals surface area contributed by atoms with Crippen molar-refractivity contribution < 1.29 is 65.6 Å². The van der Waals surface area contributed by atoms with E-state index in [1.807, 2.05) is 6.26 Å².